The van der Waals surface area contributed by atoms with Crippen LogP contribution in [0.4, 0.5) is 0 Å². The molecule has 20 heavy (non-hydrogen) atoms. The van der Waals surface area contributed by atoms with Gasteiger partial charge in [0.05, 0.1) is 10.4 Å². The van der Waals surface area contributed by atoms with E-state index in [1.54, 1.807) is 22.8 Å². The second-order valence-electron chi connectivity index (χ2n) is 4.33. The number of phenols is 1. The second kappa shape index (κ2) is 5.07. The maximum absolute atomic E-state index is 12.6. The Bertz CT molecular complexity index is 809. The molecule has 0 amide bonds. The van der Waals surface area contributed by atoms with Gasteiger partial charge in [-0.1, -0.05) is 12.1 Å². The van der Waals surface area contributed by atoms with Crippen LogP contribution in [0.25, 0.3) is 21.6 Å². The van der Waals surface area contributed by atoms with Crippen LogP contribution < -0.4 is 11.3 Å². The molecule has 0 fully saturated rings. The third kappa shape index (κ3) is 1.99. The number of hydrogen-bond donors (Lipinski definition) is 2. The molecule has 3 N–H and O–H groups in total. The summed E-state index contributed by atoms with van der Waals surface area (Å²) in [5.74, 6) is 0.0612. The van der Waals surface area contributed by atoms with Crippen LogP contribution in [-0.2, 0) is 6.54 Å². The molecule has 0 radical (unpaired) electrons. The quantitative estimate of drug-likeness (QED) is 0.769. The van der Waals surface area contributed by atoms with Crippen molar-refractivity contribution in [2.24, 2.45) is 5.73 Å². The molecule has 3 rings (SSSR count). The van der Waals surface area contributed by atoms with Crippen molar-refractivity contribution in [3.05, 3.63) is 46.1 Å². The first kappa shape index (κ1) is 12.8. The highest BCUT2D eigenvalue weighted by Crippen LogP contribution is 2.26. The molecule has 3 aromatic rings. The van der Waals surface area contributed by atoms with Crippen LogP contribution in [-0.4, -0.2) is 21.2 Å². The summed E-state index contributed by atoms with van der Waals surface area (Å²) in [6, 6.07) is 8.72. The molecular formula is C14H13N3O2S. The molecule has 2 heterocycles. The van der Waals surface area contributed by atoms with Crippen molar-refractivity contribution < 1.29 is 5.11 Å². The molecule has 1 aromatic carbocycles. The normalized spacial score (nSPS) is 11.1. The fourth-order valence-electron chi connectivity index (χ4n) is 2.17. The maximum atomic E-state index is 12.6. The Morgan fingerprint density at radius 3 is 2.85 bits per heavy atom. The monoisotopic (exact) mass is 287 g/mol. The lowest BCUT2D eigenvalue weighted by Crippen LogP contribution is -2.26. The van der Waals surface area contributed by atoms with Crippen LogP contribution in [0.1, 0.15) is 0 Å². The number of aromatic hydroxyl groups is 1. The van der Waals surface area contributed by atoms with Gasteiger partial charge in [0.25, 0.3) is 5.56 Å². The molecule has 0 aliphatic heterocycles. The standard InChI is InChI=1S/C14H13N3O2S/c15-6-7-17-9-3-1-4-10(18)12(9)16-13(14(17)19)11-5-2-8-20-11/h1-5,8,18H,6-7,15H2. The minimum atomic E-state index is -0.184. The number of nitrogens with two attached hydrogens (primary N) is 1. The zero-order valence-corrected chi connectivity index (χ0v) is 11.4. The molecule has 0 bridgehead atoms. The molecule has 2 aromatic heterocycles. The van der Waals surface area contributed by atoms with Crippen molar-refractivity contribution in [1.82, 2.24) is 9.55 Å². The van der Waals surface area contributed by atoms with Crippen molar-refractivity contribution in [3.8, 4) is 16.3 Å². The topological polar surface area (TPSA) is 81.1 Å². The van der Waals surface area contributed by atoms with Gasteiger partial charge in [0.1, 0.15) is 17.0 Å². The van der Waals surface area contributed by atoms with E-state index < -0.39 is 0 Å². The Balaban J connectivity index is 2.40. The number of hydrogen-bond acceptors (Lipinski definition) is 5. The SMILES string of the molecule is NCCn1c(=O)c(-c2cccs2)nc2c(O)cccc21. The summed E-state index contributed by atoms with van der Waals surface area (Å²) < 4.78 is 1.57. The number of thiophene rings is 1. The highest BCUT2D eigenvalue weighted by atomic mass is 32.1. The maximum Gasteiger partial charge on any atom is 0.278 e. The van der Waals surface area contributed by atoms with E-state index in [1.165, 1.54) is 11.3 Å². The number of phenolic OH excluding ortho intramolecular Hbond substituents is 1. The summed E-state index contributed by atoms with van der Waals surface area (Å²) in [6.07, 6.45) is 0. The Morgan fingerprint density at radius 2 is 2.15 bits per heavy atom. The lowest BCUT2D eigenvalue weighted by Gasteiger charge is -2.11. The number of benzene rings is 1. The molecule has 6 heteroatoms. The summed E-state index contributed by atoms with van der Waals surface area (Å²) in [5, 5.41) is 11.9. The minimum absolute atomic E-state index is 0.0612. The molecule has 5 nitrogen and oxygen atoms in total. The molecule has 0 aliphatic carbocycles. The molecular weight excluding hydrogens is 274 g/mol. The number of fused-ring (bicyclic) bond motifs is 1. The summed E-state index contributed by atoms with van der Waals surface area (Å²) in [6.45, 7) is 0.734. The van der Waals surface area contributed by atoms with Gasteiger partial charge in [0.2, 0.25) is 0 Å². The van der Waals surface area contributed by atoms with E-state index >= 15 is 0 Å². The molecule has 0 unspecified atom stereocenters. The number of nitrogens with zero attached hydrogens (tertiary/aromatic N) is 2. The van der Waals surface area contributed by atoms with Crippen molar-refractivity contribution in [3.63, 3.8) is 0 Å². The minimum Gasteiger partial charge on any atom is -0.506 e. The first-order valence-corrected chi connectivity index (χ1v) is 7.07. The number of rotatable bonds is 3. The van der Waals surface area contributed by atoms with Gasteiger partial charge in [-0.3, -0.25) is 4.79 Å². The van der Waals surface area contributed by atoms with Gasteiger partial charge in [-0.15, -0.1) is 11.3 Å². The number of aromatic nitrogens is 2. The van der Waals surface area contributed by atoms with Gasteiger partial charge in [0.15, 0.2) is 0 Å². The van der Waals surface area contributed by atoms with Gasteiger partial charge < -0.3 is 15.4 Å². The summed E-state index contributed by atoms with van der Waals surface area (Å²) in [7, 11) is 0. The van der Waals surface area contributed by atoms with Gasteiger partial charge >= 0.3 is 0 Å². The second-order valence-corrected chi connectivity index (χ2v) is 5.28. The zero-order chi connectivity index (χ0) is 14.1. The van der Waals surface area contributed by atoms with Crippen LogP contribution >= 0.6 is 11.3 Å². The molecule has 0 atom stereocenters. The van der Waals surface area contributed by atoms with Crippen molar-refractivity contribution in [2.75, 3.05) is 6.54 Å². The predicted octanol–water partition coefficient (Wildman–Crippen LogP) is 1.79. The Hall–Kier alpha value is -2.18. The van der Waals surface area contributed by atoms with E-state index in [9.17, 15) is 9.90 Å². The third-order valence-electron chi connectivity index (χ3n) is 3.06. The lowest BCUT2D eigenvalue weighted by molar-refractivity contribution is 0.480. The zero-order valence-electron chi connectivity index (χ0n) is 10.6. The van der Waals surface area contributed by atoms with E-state index in [1.807, 2.05) is 17.5 Å². The smallest absolute Gasteiger partial charge is 0.278 e. The van der Waals surface area contributed by atoms with Gasteiger partial charge in [0, 0.05) is 13.1 Å². The lowest BCUT2D eigenvalue weighted by atomic mass is 10.2. The summed E-state index contributed by atoms with van der Waals surface area (Å²) >= 11 is 1.44. The van der Waals surface area contributed by atoms with Gasteiger partial charge in [-0.2, -0.15) is 0 Å². The van der Waals surface area contributed by atoms with E-state index in [2.05, 4.69) is 4.98 Å². The average Bonchev–Trinajstić information content (AvgIpc) is 2.96. The Kier molecular flexibility index (Phi) is 3.25. The van der Waals surface area contributed by atoms with Crippen LogP contribution in [0.15, 0.2) is 40.5 Å². The van der Waals surface area contributed by atoms with E-state index in [-0.39, 0.29) is 11.3 Å². The van der Waals surface area contributed by atoms with Gasteiger partial charge in [-0.25, -0.2) is 4.98 Å². The average molecular weight is 287 g/mol. The molecule has 102 valence electrons. The third-order valence-corrected chi connectivity index (χ3v) is 3.94. The molecule has 0 spiro atoms. The highest BCUT2D eigenvalue weighted by molar-refractivity contribution is 7.13. The molecule has 0 aliphatic rings. The van der Waals surface area contributed by atoms with Crippen molar-refractivity contribution in [2.45, 2.75) is 6.54 Å². The summed E-state index contributed by atoms with van der Waals surface area (Å²) in [5.41, 5.74) is 6.77. The van der Waals surface area contributed by atoms with Crippen LogP contribution in [0, 0.1) is 0 Å². The van der Waals surface area contributed by atoms with E-state index in [4.69, 9.17) is 5.73 Å². The van der Waals surface area contributed by atoms with Crippen molar-refractivity contribution >= 4 is 22.4 Å². The van der Waals surface area contributed by atoms with Crippen LogP contribution in [0.3, 0.4) is 0 Å². The largest absolute Gasteiger partial charge is 0.506 e. The van der Waals surface area contributed by atoms with Crippen LogP contribution in [0.5, 0.6) is 5.75 Å². The Labute approximate surface area is 118 Å². The van der Waals surface area contributed by atoms with E-state index in [0.29, 0.717) is 29.8 Å². The first-order chi connectivity index (χ1) is 9.72. The number of para-hydroxylation sites is 1. The van der Waals surface area contributed by atoms with Crippen LogP contribution in [0.2, 0.25) is 0 Å². The molecule has 0 saturated carbocycles. The van der Waals surface area contributed by atoms with E-state index in [0.717, 1.165) is 4.88 Å². The fraction of sp³-hybridized carbons (Fsp3) is 0.143. The Morgan fingerprint density at radius 1 is 1.30 bits per heavy atom. The summed E-state index contributed by atoms with van der Waals surface area (Å²) in [4.78, 5) is 17.7. The fourth-order valence-corrected chi connectivity index (χ4v) is 2.88. The predicted molar refractivity (Wildman–Crippen MR) is 80.0 cm³/mol. The van der Waals surface area contributed by atoms with Crippen molar-refractivity contribution in [1.29, 1.82) is 0 Å². The van der Waals surface area contributed by atoms with Gasteiger partial charge in [-0.05, 0) is 23.6 Å². The first-order valence-electron chi connectivity index (χ1n) is 6.19. The highest BCUT2D eigenvalue weighted by Gasteiger charge is 2.14. The molecule has 0 saturated heterocycles.